The van der Waals surface area contributed by atoms with Gasteiger partial charge in [0.15, 0.2) is 4.91 Å². The summed E-state index contributed by atoms with van der Waals surface area (Å²) in [5.41, 5.74) is 2.13. The molecule has 0 bridgehead atoms. The molecule has 0 saturated carbocycles. The van der Waals surface area contributed by atoms with E-state index in [9.17, 15) is 18.1 Å². The average Bonchev–Trinajstić information content (AvgIpc) is 2.55. The minimum atomic E-state index is -4.00. The summed E-state index contributed by atoms with van der Waals surface area (Å²) in [6.07, 6.45) is 1.29. The Morgan fingerprint density at radius 1 is 1.17 bits per heavy atom. The van der Waals surface area contributed by atoms with Crippen LogP contribution in [0, 0.1) is 17.1 Å². The maximum atomic E-state index is 13.6. The normalized spacial score (nSPS) is 15.6. The van der Waals surface area contributed by atoms with Crippen LogP contribution in [0.1, 0.15) is 25.3 Å². The van der Waals surface area contributed by atoms with Crippen molar-refractivity contribution in [1.29, 1.82) is 5.26 Å². The fourth-order valence-electron chi connectivity index (χ4n) is 2.61. The van der Waals surface area contributed by atoms with Crippen LogP contribution in [0.25, 0.3) is 0 Å². The van der Waals surface area contributed by atoms with Crippen molar-refractivity contribution in [2.45, 2.75) is 24.7 Å². The van der Waals surface area contributed by atoms with Gasteiger partial charge in [0.2, 0.25) is 9.84 Å². The van der Waals surface area contributed by atoms with E-state index in [2.05, 4.69) is 13.8 Å². The zero-order valence-electron chi connectivity index (χ0n) is 13.2. The largest absolute Gasteiger partial charge is 0.314 e. The lowest BCUT2D eigenvalue weighted by molar-refractivity contribution is 0.596. The van der Waals surface area contributed by atoms with E-state index in [4.69, 9.17) is 0 Å². The number of rotatable bonds is 2. The first-order chi connectivity index (χ1) is 11.3. The van der Waals surface area contributed by atoms with E-state index in [-0.39, 0.29) is 4.90 Å². The van der Waals surface area contributed by atoms with Crippen LogP contribution < -0.4 is 4.90 Å². The van der Waals surface area contributed by atoms with E-state index in [1.807, 2.05) is 24.3 Å². The zero-order valence-corrected chi connectivity index (χ0v) is 14.0. The van der Waals surface area contributed by atoms with Gasteiger partial charge in [-0.3, -0.25) is 0 Å². The van der Waals surface area contributed by atoms with Crippen molar-refractivity contribution in [1.82, 2.24) is 0 Å². The third-order valence-corrected chi connectivity index (χ3v) is 5.61. The van der Waals surface area contributed by atoms with Crippen LogP contribution in [0.2, 0.25) is 0 Å². The number of benzene rings is 2. The molecule has 6 heteroatoms. The Balaban J connectivity index is 2.26. The van der Waals surface area contributed by atoms with Crippen molar-refractivity contribution in [2.24, 2.45) is 0 Å². The highest BCUT2D eigenvalue weighted by molar-refractivity contribution is 7.95. The van der Waals surface area contributed by atoms with E-state index in [0.717, 1.165) is 17.3 Å². The molecule has 1 aliphatic heterocycles. The summed E-state index contributed by atoms with van der Waals surface area (Å²) in [5.74, 6) is -0.363. The Morgan fingerprint density at radius 3 is 2.58 bits per heavy atom. The second-order valence-electron chi connectivity index (χ2n) is 5.84. The van der Waals surface area contributed by atoms with Crippen molar-refractivity contribution in [2.75, 3.05) is 4.90 Å². The van der Waals surface area contributed by atoms with Gasteiger partial charge >= 0.3 is 0 Å². The molecule has 1 aliphatic rings. The van der Waals surface area contributed by atoms with Crippen LogP contribution in [-0.2, 0) is 9.84 Å². The molecular formula is C18H15FN2O2S. The first-order valence-electron chi connectivity index (χ1n) is 7.40. The van der Waals surface area contributed by atoms with Gasteiger partial charge in [-0.1, -0.05) is 26.0 Å². The number of halogens is 1. The third kappa shape index (κ3) is 2.57. The van der Waals surface area contributed by atoms with Crippen molar-refractivity contribution < 1.29 is 12.8 Å². The number of nitrogens with zero attached hydrogens (tertiary/aromatic N) is 2. The first-order valence-corrected chi connectivity index (χ1v) is 8.88. The smallest absolute Gasteiger partial charge is 0.220 e. The summed E-state index contributed by atoms with van der Waals surface area (Å²) in [6.45, 7) is 4.11. The molecule has 0 amide bonds. The molecule has 0 saturated heterocycles. The Kier molecular flexibility index (Phi) is 3.90. The molecule has 0 fully saturated rings. The van der Waals surface area contributed by atoms with Crippen molar-refractivity contribution in [3.63, 3.8) is 0 Å². The molecule has 0 atom stereocenters. The highest BCUT2D eigenvalue weighted by atomic mass is 32.2. The quantitative estimate of drug-likeness (QED) is 0.819. The Hall–Kier alpha value is -2.65. The van der Waals surface area contributed by atoms with Crippen LogP contribution in [0.5, 0.6) is 0 Å². The summed E-state index contributed by atoms with van der Waals surface area (Å²) >= 11 is 0. The van der Waals surface area contributed by atoms with Gasteiger partial charge in [0.05, 0.1) is 10.6 Å². The number of sulfone groups is 1. The van der Waals surface area contributed by atoms with E-state index in [1.165, 1.54) is 18.3 Å². The summed E-state index contributed by atoms with van der Waals surface area (Å²) in [6, 6.07) is 12.9. The van der Waals surface area contributed by atoms with Gasteiger partial charge in [-0.2, -0.15) is 5.26 Å². The molecule has 2 aromatic rings. The molecule has 1 heterocycles. The fourth-order valence-corrected chi connectivity index (χ4v) is 3.92. The van der Waals surface area contributed by atoms with Crippen LogP contribution in [-0.4, -0.2) is 8.42 Å². The highest BCUT2D eigenvalue weighted by Crippen LogP contribution is 2.40. The van der Waals surface area contributed by atoms with Crippen LogP contribution >= 0.6 is 0 Å². The molecule has 24 heavy (non-hydrogen) atoms. The fraction of sp³-hybridized carbons (Fsp3) is 0.167. The first kappa shape index (κ1) is 16.2. The van der Waals surface area contributed by atoms with E-state index < -0.39 is 20.6 Å². The number of anilines is 2. The van der Waals surface area contributed by atoms with Gasteiger partial charge in [0.1, 0.15) is 11.9 Å². The molecule has 0 N–H and O–H groups in total. The molecule has 0 radical (unpaired) electrons. The summed E-state index contributed by atoms with van der Waals surface area (Å²) in [7, 11) is -4.00. The lowest BCUT2D eigenvalue weighted by Gasteiger charge is -2.28. The molecule has 0 aliphatic carbocycles. The van der Waals surface area contributed by atoms with E-state index in [1.54, 1.807) is 11.0 Å². The van der Waals surface area contributed by atoms with Gasteiger partial charge in [-0.05, 0) is 41.8 Å². The Morgan fingerprint density at radius 2 is 1.92 bits per heavy atom. The van der Waals surface area contributed by atoms with Gasteiger partial charge < -0.3 is 4.90 Å². The van der Waals surface area contributed by atoms with Gasteiger partial charge in [0, 0.05) is 11.9 Å². The monoisotopic (exact) mass is 342 g/mol. The predicted molar refractivity (Wildman–Crippen MR) is 90.0 cm³/mol. The van der Waals surface area contributed by atoms with Crippen molar-refractivity contribution >= 4 is 21.2 Å². The Bertz CT molecular complexity index is 988. The average molecular weight is 342 g/mol. The van der Waals surface area contributed by atoms with E-state index >= 15 is 0 Å². The van der Waals surface area contributed by atoms with Crippen molar-refractivity contribution in [3.05, 3.63) is 65.0 Å². The lowest BCUT2D eigenvalue weighted by Crippen LogP contribution is -2.21. The molecule has 0 aromatic heterocycles. The number of hydrogen-bond donors (Lipinski definition) is 0. The van der Waals surface area contributed by atoms with Crippen LogP contribution in [0.3, 0.4) is 0 Å². The molecule has 0 spiro atoms. The second kappa shape index (κ2) is 5.77. The van der Waals surface area contributed by atoms with Crippen molar-refractivity contribution in [3.8, 4) is 6.07 Å². The summed E-state index contributed by atoms with van der Waals surface area (Å²) < 4.78 is 38.5. The standard InChI is InChI=1S/C18H15FN2O2S/c1-12(2)13-4-3-5-15(8-13)21-11-16(10-20)24(22,23)18-9-14(19)6-7-17(18)21/h3-9,11-12H,1-2H3. The molecule has 122 valence electrons. The van der Waals surface area contributed by atoms with Crippen LogP contribution in [0.15, 0.2) is 58.5 Å². The predicted octanol–water partition coefficient (Wildman–Crippen LogP) is 4.24. The summed E-state index contributed by atoms with van der Waals surface area (Å²) in [5, 5.41) is 9.21. The number of fused-ring (bicyclic) bond motifs is 1. The molecular weight excluding hydrogens is 327 g/mol. The van der Waals surface area contributed by atoms with Gasteiger partial charge in [-0.15, -0.1) is 0 Å². The third-order valence-electron chi connectivity index (χ3n) is 3.93. The number of allylic oxidation sites excluding steroid dienone is 1. The highest BCUT2D eigenvalue weighted by Gasteiger charge is 2.32. The maximum Gasteiger partial charge on any atom is 0.220 e. The second-order valence-corrected chi connectivity index (χ2v) is 7.73. The zero-order chi connectivity index (χ0) is 17.5. The number of hydrogen-bond acceptors (Lipinski definition) is 4. The Labute approximate surface area is 140 Å². The van der Waals surface area contributed by atoms with E-state index in [0.29, 0.717) is 11.6 Å². The lowest BCUT2D eigenvalue weighted by atomic mass is 10.0. The maximum absolute atomic E-state index is 13.6. The minimum Gasteiger partial charge on any atom is -0.314 e. The van der Waals surface area contributed by atoms with Gasteiger partial charge in [0.25, 0.3) is 0 Å². The molecule has 2 aromatic carbocycles. The SMILES string of the molecule is CC(C)c1cccc(N2C=C(C#N)S(=O)(=O)c3cc(F)ccc32)c1. The molecule has 3 rings (SSSR count). The van der Waals surface area contributed by atoms with Gasteiger partial charge in [-0.25, -0.2) is 12.8 Å². The molecule has 0 unspecified atom stereocenters. The van der Waals surface area contributed by atoms with Crippen LogP contribution in [0.4, 0.5) is 15.8 Å². The molecule has 4 nitrogen and oxygen atoms in total. The summed E-state index contributed by atoms with van der Waals surface area (Å²) in [4.78, 5) is 1.01. The topological polar surface area (TPSA) is 61.2 Å². The number of nitriles is 1. The minimum absolute atomic E-state index is 0.198.